The first kappa shape index (κ1) is 20.2. The van der Waals surface area contributed by atoms with Crippen molar-refractivity contribution in [1.82, 2.24) is 0 Å². The molecule has 144 valence electrons. The van der Waals surface area contributed by atoms with Crippen molar-refractivity contribution in [3.8, 4) is 0 Å². The molecule has 3 aromatic rings. The van der Waals surface area contributed by atoms with Crippen molar-refractivity contribution < 1.29 is 13.2 Å². The predicted octanol–water partition coefficient (Wildman–Crippen LogP) is 5.35. The fraction of sp³-hybridized carbons (Fsp3) is 0.0500. The van der Waals surface area contributed by atoms with Gasteiger partial charge in [0.25, 0.3) is 15.9 Å². The Morgan fingerprint density at radius 1 is 0.929 bits per heavy atom. The van der Waals surface area contributed by atoms with E-state index in [2.05, 4.69) is 10.0 Å². The first-order valence-corrected chi connectivity index (χ1v) is 10.4. The lowest BCUT2D eigenvalue weighted by atomic mass is 10.2. The molecule has 3 aromatic carbocycles. The van der Waals surface area contributed by atoms with Gasteiger partial charge in [0.15, 0.2) is 0 Å². The van der Waals surface area contributed by atoms with Gasteiger partial charge >= 0.3 is 0 Å². The number of hydrogen-bond acceptors (Lipinski definition) is 3. The van der Waals surface area contributed by atoms with Crippen molar-refractivity contribution in [1.29, 1.82) is 0 Å². The Kier molecular flexibility index (Phi) is 5.93. The summed E-state index contributed by atoms with van der Waals surface area (Å²) in [4.78, 5) is 12.5. The van der Waals surface area contributed by atoms with Crippen LogP contribution < -0.4 is 10.0 Å². The second kappa shape index (κ2) is 8.22. The molecule has 3 rings (SSSR count). The smallest absolute Gasteiger partial charge is 0.261 e. The molecule has 0 aliphatic rings. The maximum Gasteiger partial charge on any atom is 0.261 e. The molecule has 0 aliphatic carbocycles. The molecule has 0 heterocycles. The summed E-state index contributed by atoms with van der Waals surface area (Å²) in [5, 5.41) is 3.37. The first-order valence-electron chi connectivity index (χ1n) is 8.20. The Morgan fingerprint density at radius 2 is 1.68 bits per heavy atom. The molecule has 0 aliphatic heterocycles. The van der Waals surface area contributed by atoms with E-state index in [1.165, 1.54) is 30.3 Å². The highest BCUT2D eigenvalue weighted by Crippen LogP contribution is 2.26. The highest BCUT2D eigenvalue weighted by atomic mass is 35.5. The lowest BCUT2D eigenvalue weighted by molar-refractivity contribution is 0.102. The Balaban J connectivity index is 1.85. The van der Waals surface area contributed by atoms with Crippen molar-refractivity contribution in [2.24, 2.45) is 0 Å². The normalized spacial score (nSPS) is 11.1. The summed E-state index contributed by atoms with van der Waals surface area (Å²) in [5.74, 6) is -0.503. The van der Waals surface area contributed by atoms with Gasteiger partial charge in [-0.05, 0) is 61.0 Å². The Morgan fingerprint density at radius 3 is 2.43 bits per heavy atom. The largest absolute Gasteiger partial charge is 0.321 e. The van der Waals surface area contributed by atoms with Gasteiger partial charge in [-0.15, -0.1) is 0 Å². The highest BCUT2D eigenvalue weighted by Gasteiger charge is 2.17. The molecule has 0 fully saturated rings. The summed E-state index contributed by atoms with van der Waals surface area (Å²) >= 11 is 12.0. The number of hydrogen-bond donors (Lipinski definition) is 2. The lowest BCUT2D eigenvalue weighted by Gasteiger charge is -2.11. The Bertz CT molecular complexity index is 1150. The zero-order valence-electron chi connectivity index (χ0n) is 14.7. The van der Waals surface area contributed by atoms with Crippen molar-refractivity contribution in [3.63, 3.8) is 0 Å². The first-order chi connectivity index (χ1) is 13.2. The quantitative estimate of drug-likeness (QED) is 0.567. The molecule has 28 heavy (non-hydrogen) atoms. The number of nitrogens with one attached hydrogen (secondary N) is 2. The average Bonchev–Trinajstić information content (AvgIpc) is 2.64. The highest BCUT2D eigenvalue weighted by molar-refractivity contribution is 7.92. The second-order valence-electron chi connectivity index (χ2n) is 6.08. The molecule has 0 saturated heterocycles. The van der Waals surface area contributed by atoms with Gasteiger partial charge in [0.1, 0.15) is 0 Å². The molecule has 8 heteroatoms. The summed E-state index contributed by atoms with van der Waals surface area (Å²) in [6.45, 7) is 1.86. The Labute approximate surface area is 173 Å². The van der Waals surface area contributed by atoms with E-state index in [4.69, 9.17) is 23.2 Å². The minimum Gasteiger partial charge on any atom is -0.321 e. The van der Waals surface area contributed by atoms with Crippen LogP contribution in [0.1, 0.15) is 15.9 Å². The molecule has 0 radical (unpaired) electrons. The predicted molar refractivity (Wildman–Crippen MR) is 113 cm³/mol. The summed E-state index contributed by atoms with van der Waals surface area (Å²) in [6, 6.07) is 17.4. The number of carbonyl (C=O) groups excluding carboxylic acids is 1. The molecule has 0 atom stereocenters. The number of carbonyl (C=O) groups is 1. The van der Waals surface area contributed by atoms with Gasteiger partial charge in [-0.1, -0.05) is 41.4 Å². The lowest BCUT2D eigenvalue weighted by Crippen LogP contribution is -2.16. The summed E-state index contributed by atoms with van der Waals surface area (Å²) < 4.78 is 27.8. The van der Waals surface area contributed by atoms with Crippen LogP contribution in [0.4, 0.5) is 11.4 Å². The fourth-order valence-corrected chi connectivity index (χ4v) is 3.95. The summed E-state index contributed by atoms with van der Waals surface area (Å²) in [6.07, 6.45) is 0. The van der Waals surface area contributed by atoms with Crippen LogP contribution in [-0.2, 0) is 10.0 Å². The molecular formula is C20H16Cl2N2O3S. The Hall–Kier alpha value is -2.54. The van der Waals surface area contributed by atoms with E-state index in [9.17, 15) is 13.2 Å². The van der Waals surface area contributed by atoms with Crippen LogP contribution in [-0.4, -0.2) is 14.3 Å². The van der Waals surface area contributed by atoms with Crippen LogP contribution in [0, 0.1) is 6.92 Å². The van der Waals surface area contributed by atoms with Gasteiger partial charge < -0.3 is 5.32 Å². The summed E-state index contributed by atoms with van der Waals surface area (Å²) in [7, 11) is -3.85. The number of halogens is 2. The standard InChI is InChI=1S/C20H16Cl2N2O3S/c1-13-4-2-6-16(10-13)24-28(26,27)17-7-3-5-14(11-17)20(25)23-19-12-15(21)8-9-18(19)22/h2-12,24H,1H3,(H,23,25). The van der Waals surface area contributed by atoms with Crippen LogP contribution in [0.15, 0.2) is 71.6 Å². The van der Waals surface area contributed by atoms with E-state index >= 15 is 0 Å². The van der Waals surface area contributed by atoms with Crippen LogP contribution in [0.5, 0.6) is 0 Å². The molecule has 0 spiro atoms. The topological polar surface area (TPSA) is 75.3 Å². The SMILES string of the molecule is Cc1cccc(NS(=O)(=O)c2cccc(C(=O)Nc3cc(Cl)ccc3Cl)c2)c1. The van der Waals surface area contributed by atoms with Gasteiger partial charge in [0.05, 0.1) is 15.6 Å². The maximum atomic E-state index is 12.7. The zero-order chi connectivity index (χ0) is 20.3. The van der Waals surface area contributed by atoms with Crippen molar-refractivity contribution >= 4 is 50.5 Å². The minimum atomic E-state index is -3.85. The molecule has 5 nitrogen and oxygen atoms in total. The van der Waals surface area contributed by atoms with Crippen molar-refractivity contribution in [2.45, 2.75) is 11.8 Å². The number of aryl methyl sites for hydroxylation is 1. The third kappa shape index (κ3) is 4.84. The van der Waals surface area contributed by atoms with E-state index in [1.807, 2.05) is 13.0 Å². The van der Waals surface area contributed by atoms with E-state index in [0.29, 0.717) is 21.4 Å². The molecule has 2 N–H and O–H groups in total. The van der Waals surface area contributed by atoms with Gasteiger partial charge in [-0.2, -0.15) is 0 Å². The van der Waals surface area contributed by atoms with Gasteiger partial charge in [-0.25, -0.2) is 8.42 Å². The molecule has 1 amide bonds. The van der Waals surface area contributed by atoms with E-state index in [-0.39, 0.29) is 10.5 Å². The third-order valence-electron chi connectivity index (χ3n) is 3.85. The number of sulfonamides is 1. The van der Waals surface area contributed by atoms with Crippen LogP contribution in [0.3, 0.4) is 0 Å². The molecular weight excluding hydrogens is 419 g/mol. The maximum absolute atomic E-state index is 12.7. The number of rotatable bonds is 5. The van der Waals surface area contributed by atoms with Gasteiger partial charge in [0, 0.05) is 16.3 Å². The third-order valence-corrected chi connectivity index (χ3v) is 5.80. The molecule has 0 saturated carbocycles. The monoisotopic (exact) mass is 434 g/mol. The fourth-order valence-electron chi connectivity index (χ4n) is 2.51. The van der Waals surface area contributed by atoms with E-state index in [0.717, 1.165) is 5.56 Å². The summed E-state index contributed by atoms with van der Waals surface area (Å²) in [5.41, 5.74) is 1.88. The number of benzene rings is 3. The van der Waals surface area contributed by atoms with Crippen LogP contribution >= 0.6 is 23.2 Å². The minimum absolute atomic E-state index is 0.0288. The van der Waals surface area contributed by atoms with Gasteiger partial charge in [-0.3, -0.25) is 9.52 Å². The molecule has 0 aromatic heterocycles. The van der Waals surface area contributed by atoms with Crippen molar-refractivity contribution in [2.75, 3.05) is 10.0 Å². The van der Waals surface area contributed by atoms with E-state index in [1.54, 1.807) is 30.3 Å². The molecule has 0 bridgehead atoms. The average molecular weight is 435 g/mol. The number of anilines is 2. The zero-order valence-corrected chi connectivity index (χ0v) is 17.1. The van der Waals surface area contributed by atoms with Gasteiger partial charge in [0.2, 0.25) is 0 Å². The van der Waals surface area contributed by atoms with E-state index < -0.39 is 15.9 Å². The number of amides is 1. The van der Waals surface area contributed by atoms with Crippen LogP contribution in [0.25, 0.3) is 0 Å². The molecule has 0 unspecified atom stereocenters. The second-order valence-corrected chi connectivity index (χ2v) is 8.61. The van der Waals surface area contributed by atoms with Crippen molar-refractivity contribution in [3.05, 3.63) is 87.9 Å². The van der Waals surface area contributed by atoms with Crippen LogP contribution in [0.2, 0.25) is 10.0 Å².